The molecule has 0 saturated heterocycles. The highest BCUT2D eigenvalue weighted by Crippen LogP contribution is 2.37. The Hall–Kier alpha value is -1.70. The number of aryl methyl sites for hydroxylation is 1. The average molecular weight is 198 g/mol. The van der Waals surface area contributed by atoms with Crippen molar-refractivity contribution < 1.29 is 0 Å². The van der Waals surface area contributed by atoms with Crippen molar-refractivity contribution in [3.8, 4) is 0 Å². The van der Waals surface area contributed by atoms with Gasteiger partial charge < -0.3 is 10.6 Å². The van der Waals surface area contributed by atoms with E-state index in [1.54, 1.807) is 0 Å². The Labute approximate surface area is 89.7 Å². The SMILES string of the molecule is Cc1cc2c(c3c1C=CCN3)NCC=C2. The highest BCUT2D eigenvalue weighted by atomic mass is 15.0. The maximum Gasteiger partial charge on any atom is 0.0660 e. The molecule has 2 aliphatic heterocycles. The Balaban J connectivity index is 2.29. The molecule has 0 saturated carbocycles. The van der Waals surface area contributed by atoms with E-state index in [0.29, 0.717) is 0 Å². The zero-order chi connectivity index (χ0) is 10.3. The van der Waals surface area contributed by atoms with Gasteiger partial charge in [-0.2, -0.15) is 0 Å². The van der Waals surface area contributed by atoms with Gasteiger partial charge in [0.15, 0.2) is 0 Å². The lowest BCUT2D eigenvalue weighted by Crippen LogP contribution is -2.13. The molecule has 2 heterocycles. The first-order chi connectivity index (χ1) is 7.36. The highest BCUT2D eigenvalue weighted by Gasteiger charge is 2.16. The number of hydrogen-bond acceptors (Lipinski definition) is 2. The number of fused-ring (bicyclic) bond motifs is 3. The number of benzene rings is 1. The fraction of sp³-hybridized carbons (Fsp3) is 0.231. The molecule has 2 nitrogen and oxygen atoms in total. The van der Waals surface area contributed by atoms with Crippen LogP contribution >= 0.6 is 0 Å². The third kappa shape index (κ3) is 1.25. The fourth-order valence-electron chi connectivity index (χ4n) is 2.26. The predicted octanol–water partition coefficient (Wildman–Crippen LogP) is 2.87. The van der Waals surface area contributed by atoms with E-state index in [1.165, 1.54) is 28.1 Å². The van der Waals surface area contributed by atoms with Crippen LogP contribution in [0.1, 0.15) is 16.7 Å². The van der Waals surface area contributed by atoms with Gasteiger partial charge in [0.25, 0.3) is 0 Å². The fourth-order valence-corrected chi connectivity index (χ4v) is 2.26. The molecule has 0 atom stereocenters. The molecule has 0 fully saturated rings. The lowest BCUT2D eigenvalue weighted by Gasteiger charge is -2.24. The molecule has 2 N–H and O–H groups in total. The summed E-state index contributed by atoms with van der Waals surface area (Å²) < 4.78 is 0. The third-order valence-corrected chi connectivity index (χ3v) is 2.98. The van der Waals surface area contributed by atoms with Crippen molar-refractivity contribution >= 4 is 23.5 Å². The van der Waals surface area contributed by atoms with Crippen molar-refractivity contribution in [2.24, 2.45) is 0 Å². The predicted molar refractivity (Wildman–Crippen MR) is 66.2 cm³/mol. The molecule has 1 aromatic carbocycles. The summed E-state index contributed by atoms with van der Waals surface area (Å²) in [6.07, 6.45) is 8.73. The van der Waals surface area contributed by atoms with E-state index in [-0.39, 0.29) is 0 Å². The molecule has 1 aromatic rings. The van der Waals surface area contributed by atoms with Crippen LogP contribution in [-0.4, -0.2) is 13.1 Å². The first kappa shape index (κ1) is 8.60. The smallest absolute Gasteiger partial charge is 0.0660 e. The minimum atomic E-state index is 0.924. The van der Waals surface area contributed by atoms with Crippen LogP contribution in [0.3, 0.4) is 0 Å². The van der Waals surface area contributed by atoms with Gasteiger partial charge in [-0.3, -0.25) is 0 Å². The van der Waals surface area contributed by atoms with Gasteiger partial charge in [-0.05, 0) is 24.1 Å². The monoisotopic (exact) mass is 198 g/mol. The second-order valence-corrected chi connectivity index (χ2v) is 4.01. The van der Waals surface area contributed by atoms with E-state index in [4.69, 9.17) is 0 Å². The summed E-state index contributed by atoms with van der Waals surface area (Å²) in [6.45, 7) is 4.01. The van der Waals surface area contributed by atoms with E-state index in [1.807, 2.05) is 0 Å². The van der Waals surface area contributed by atoms with E-state index in [0.717, 1.165) is 13.1 Å². The molecular weight excluding hydrogens is 184 g/mol. The number of nitrogens with one attached hydrogen (secondary N) is 2. The van der Waals surface area contributed by atoms with Crippen LogP contribution in [0.4, 0.5) is 11.4 Å². The Morgan fingerprint density at radius 1 is 1.00 bits per heavy atom. The summed E-state index contributed by atoms with van der Waals surface area (Å²) in [5.41, 5.74) is 6.46. The molecule has 0 bridgehead atoms. The van der Waals surface area contributed by atoms with Gasteiger partial charge in [-0.25, -0.2) is 0 Å². The van der Waals surface area contributed by atoms with Crippen LogP contribution in [0, 0.1) is 6.92 Å². The van der Waals surface area contributed by atoms with Crippen LogP contribution in [0.15, 0.2) is 18.2 Å². The van der Waals surface area contributed by atoms with Crippen LogP contribution < -0.4 is 10.6 Å². The normalized spacial score (nSPS) is 16.3. The largest absolute Gasteiger partial charge is 0.379 e. The minimum absolute atomic E-state index is 0.924. The zero-order valence-electron chi connectivity index (χ0n) is 8.80. The van der Waals surface area contributed by atoms with Crippen molar-refractivity contribution in [1.29, 1.82) is 0 Å². The van der Waals surface area contributed by atoms with Crippen molar-refractivity contribution in [2.45, 2.75) is 6.92 Å². The summed E-state index contributed by atoms with van der Waals surface area (Å²) in [6, 6.07) is 2.24. The summed E-state index contributed by atoms with van der Waals surface area (Å²) >= 11 is 0. The lowest BCUT2D eigenvalue weighted by atomic mass is 9.96. The molecule has 0 aromatic heterocycles. The molecule has 3 rings (SSSR count). The quantitative estimate of drug-likeness (QED) is 0.669. The lowest BCUT2D eigenvalue weighted by molar-refractivity contribution is 1.24. The molecule has 15 heavy (non-hydrogen) atoms. The maximum atomic E-state index is 3.45. The van der Waals surface area contributed by atoms with Crippen molar-refractivity contribution in [1.82, 2.24) is 0 Å². The standard InChI is InChI=1S/C13H14N2/c1-9-8-10-4-2-6-14-12(10)13-11(9)5-3-7-15-13/h2-5,8,14-15H,6-7H2,1H3. The van der Waals surface area contributed by atoms with Gasteiger partial charge in [-0.1, -0.05) is 24.3 Å². The number of anilines is 2. The summed E-state index contributed by atoms with van der Waals surface area (Å²) in [5, 5.41) is 6.88. The topological polar surface area (TPSA) is 24.1 Å². The summed E-state index contributed by atoms with van der Waals surface area (Å²) in [4.78, 5) is 0. The van der Waals surface area contributed by atoms with Gasteiger partial charge in [0.1, 0.15) is 0 Å². The summed E-state index contributed by atoms with van der Waals surface area (Å²) in [5.74, 6) is 0. The minimum Gasteiger partial charge on any atom is -0.379 e. The Kier molecular flexibility index (Phi) is 1.81. The maximum absolute atomic E-state index is 3.45. The molecule has 76 valence electrons. The Bertz CT molecular complexity index is 470. The van der Waals surface area contributed by atoms with Crippen LogP contribution in [0.5, 0.6) is 0 Å². The molecule has 0 radical (unpaired) electrons. The first-order valence-corrected chi connectivity index (χ1v) is 5.34. The molecule has 0 amide bonds. The van der Waals surface area contributed by atoms with E-state index in [9.17, 15) is 0 Å². The first-order valence-electron chi connectivity index (χ1n) is 5.34. The highest BCUT2D eigenvalue weighted by molar-refractivity contribution is 5.90. The molecule has 2 aliphatic rings. The van der Waals surface area contributed by atoms with Crippen LogP contribution in [0.25, 0.3) is 12.2 Å². The molecule has 0 spiro atoms. The second-order valence-electron chi connectivity index (χ2n) is 4.01. The Morgan fingerprint density at radius 3 is 2.60 bits per heavy atom. The van der Waals surface area contributed by atoms with E-state index >= 15 is 0 Å². The number of hydrogen-bond donors (Lipinski definition) is 2. The molecular formula is C13H14N2. The van der Waals surface area contributed by atoms with Gasteiger partial charge in [-0.15, -0.1) is 0 Å². The molecule has 2 heteroatoms. The average Bonchev–Trinajstić information content (AvgIpc) is 2.30. The van der Waals surface area contributed by atoms with E-state index < -0.39 is 0 Å². The van der Waals surface area contributed by atoms with Crippen molar-refractivity contribution in [3.63, 3.8) is 0 Å². The van der Waals surface area contributed by atoms with Gasteiger partial charge in [0, 0.05) is 18.7 Å². The molecule has 0 unspecified atom stereocenters. The van der Waals surface area contributed by atoms with Gasteiger partial charge in [0.2, 0.25) is 0 Å². The Morgan fingerprint density at radius 2 is 1.73 bits per heavy atom. The van der Waals surface area contributed by atoms with Gasteiger partial charge in [0.05, 0.1) is 11.4 Å². The summed E-state index contributed by atoms with van der Waals surface area (Å²) in [7, 11) is 0. The zero-order valence-corrected chi connectivity index (χ0v) is 8.80. The third-order valence-electron chi connectivity index (χ3n) is 2.98. The second kappa shape index (κ2) is 3.16. The van der Waals surface area contributed by atoms with Crippen LogP contribution in [-0.2, 0) is 0 Å². The number of rotatable bonds is 0. The molecule has 0 aliphatic carbocycles. The van der Waals surface area contributed by atoms with E-state index in [2.05, 4.69) is 47.9 Å². The van der Waals surface area contributed by atoms with Crippen molar-refractivity contribution in [2.75, 3.05) is 23.7 Å². The van der Waals surface area contributed by atoms with Gasteiger partial charge >= 0.3 is 0 Å². The van der Waals surface area contributed by atoms with Crippen LogP contribution in [0.2, 0.25) is 0 Å². The van der Waals surface area contributed by atoms with Crippen molar-refractivity contribution in [3.05, 3.63) is 34.9 Å².